The highest BCUT2D eigenvalue weighted by atomic mass is 16.1. The Balaban J connectivity index is 3.44. The molecule has 0 aromatic rings. The molecule has 0 heterocycles. The van der Waals surface area contributed by atoms with Crippen LogP contribution in [-0.2, 0) is 4.79 Å². The molecule has 1 unspecified atom stereocenters. The minimum Gasteiger partial charge on any atom is -0.356 e. The quantitative estimate of drug-likeness (QED) is 0.606. The van der Waals surface area contributed by atoms with E-state index in [1.165, 1.54) is 0 Å². The first kappa shape index (κ1) is 15.4. The highest BCUT2D eigenvalue weighted by molar-refractivity contribution is 5.78. The van der Waals surface area contributed by atoms with Gasteiger partial charge in [-0.2, -0.15) is 0 Å². The lowest BCUT2D eigenvalue weighted by atomic mass is 10.1. The van der Waals surface area contributed by atoms with E-state index in [0.29, 0.717) is 12.6 Å². The molecule has 0 fully saturated rings. The van der Waals surface area contributed by atoms with Crippen LogP contribution in [0.4, 0.5) is 0 Å². The zero-order valence-corrected chi connectivity index (χ0v) is 11.1. The van der Waals surface area contributed by atoms with Crippen molar-refractivity contribution in [2.75, 3.05) is 26.7 Å². The van der Waals surface area contributed by atoms with Crippen molar-refractivity contribution in [1.82, 2.24) is 10.2 Å². The van der Waals surface area contributed by atoms with E-state index >= 15 is 0 Å². The Kier molecular flexibility index (Phi) is 8.21. The van der Waals surface area contributed by atoms with Crippen molar-refractivity contribution in [3.8, 4) is 0 Å². The summed E-state index contributed by atoms with van der Waals surface area (Å²) in [4.78, 5) is 13.7. The molecular formula is C12H27N3O. The standard InChI is InChI=1S/C12H27N3O/c1-10(2)15(4)8-6-5-7-14-12(16)11(3)9-13/h10-11H,5-9,13H2,1-4H3,(H,14,16). The zero-order valence-electron chi connectivity index (χ0n) is 11.1. The summed E-state index contributed by atoms with van der Waals surface area (Å²) in [6, 6.07) is 0.590. The summed E-state index contributed by atoms with van der Waals surface area (Å²) < 4.78 is 0. The molecule has 0 saturated carbocycles. The normalized spacial score (nSPS) is 13.2. The average molecular weight is 229 g/mol. The molecule has 0 spiro atoms. The van der Waals surface area contributed by atoms with Crippen molar-refractivity contribution in [2.24, 2.45) is 11.7 Å². The van der Waals surface area contributed by atoms with Gasteiger partial charge in [0.25, 0.3) is 0 Å². The van der Waals surface area contributed by atoms with Gasteiger partial charge in [0, 0.05) is 25.0 Å². The van der Waals surface area contributed by atoms with Gasteiger partial charge in [0.05, 0.1) is 0 Å². The monoisotopic (exact) mass is 229 g/mol. The van der Waals surface area contributed by atoms with Crippen LogP contribution in [0.5, 0.6) is 0 Å². The van der Waals surface area contributed by atoms with E-state index in [1.54, 1.807) is 0 Å². The van der Waals surface area contributed by atoms with Crippen LogP contribution in [0.2, 0.25) is 0 Å². The van der Waals surface area contributed by atoms with E-state index < -0.39 is 0 Å². The molecule has 4 heteroatoms. The summed E-state index contributed by atoms with van der Waals surface area (Å²) >= 11 is 0. The molecule has 0 aliphatic carbocycles. The maximum absolute atomic E-state index is 11.4. The minimum absolute atomic E-state index is 0.0692. The zero-order chi connectivity index (χ0) is 12.6. The van der Waals surface area contributed by atoms with Crippen LogP contribution in [0.15, 0.2) is 0 Å². The number of rotatable bonds is 8. The van der Waals surface area contributed by atoms with Crippen LogP contribution in [0, 0.1) is 5.92 Å². The number of amides is 1. The van der Waals surface area contributed by atoms with Gasteiger partial charge in [-0.25, -0.2) is 0 Å². The van der Waals surface area contributed by atoms with Crippen LogP contribution >= 0.6 is 0 Å². The first-order chi connectivity index (χ1) is 7.49. The number of hydrogen-bond acceptors (Lipinski definition) is 3. The van der Waals surface area contributed by atoms with Crippen molar-refractivity contribution >= 4 is 5.91 Å². The highest BCUT2D eigenvalue weighted by Gasteiger charge is 2.09. The van der Waals surface area contributed by atoms with Gasteiger partial charge in [-0.1, -0.05) is 6.92 Å². The van der Waals surface area contributed by atoms with E-state index in [1.807, 2.05) is 6.92 Å². The van der Waals surface area contributed by atoms with Gasteiger partial charge in [-0.3, -0.25) is 4.79 Å². The van der Waals surface area contributed by atoms with E-state index in [0.717, 1.165) is 25.9 Å². The Morgan fingerprint density at radius 2 is 1.94 bits per heavy atom. The first-order valence-electron chi connectivity index (χ1n) is 6.17. The molecule has 0 aromatic heterocycles. The van der Waals surface area contributed by atoms with Crippen LogP contribution in [0.1, 0.15) is 33.6 Å². The largest absolute Gasteiger partial charge is 0.356 e. The smallest absolute Gasteiger partial charge is 0.224 e. The van der Waals surface area contributed by atoms with Crippen molar-refractivity contribution in [3.63, 3.8) is 0 Å². The van der Waals surface area contributed by atoms with Gasteiger partial charge in [-0.15, -0.1) is 0 Å². The van der Waals surface area contributed by atoms with Crippen molar-refractivity contribution in [2.45, 2.75) is 39.7 Å². The Labute approximate surface area is 99.6 Å². The Morgan fingerprint density at radius 1 is 1.31 bits per heavy atom. The second-order valence-electron chi connectivity index (χ2n) is 4.71. The van der Waals surface area contributed by atoms with Gasteiger partial charge >= 0.3 is 0 Å². The molecule has 0 radical (unpaired) electrons. The molecule has 0 aliphatic rings. The fourth-order valence-electron chi connectivity index (χ4n) is 1.24. The third kappa shape index (κ3) is 6.80. The highest BCUT2D eigenvalue weighted by Crippen LogP contribution is 1.97. The van der Waals surface area contributed by atoms with Gasteiger partial charge in [0.15, 0.2) is 0 Å². The third-order valence-electron chi connectivity index (χ3n) is 2.92. The van der Waals surface area contributed by atoms with Crippen molar-refractivity contribution in [1.29, 1.82) is 0 Å². The number of hydrogen-bond donors (Lipinski definition) is 2. The van der Waals surface area contributed by atoms with Crippen LogP contribution < -0.4 is 11.1 Å². The molecule has 0 rings (SSSR count). The number of carbonyl (C=O) groups is 1. The van der Waals surface area contributed by atoms with Gasteiger partial charge in [0.2, 0.25) is 5.91 Å². The van der Waals surface area contributed by atoms with E-state index in [2.05, 4.69) is 31.1 Å². The number of carbonyl (C=O) groups excluding carboxylic acids is 1. The molecule has 3 N–H and O–H groups in total. The molecule has 1 atom stereocenters. The summed E-state index contributed by atoms with van der Waals surface area (Å²) in [5, 5.41) is 2.90. The lowest BCUT2D eigenvalue weighted by Crippen LogP contribution is -2.34. The van der Waals surface area contributed by atoms with Crippen molar-refractivity contribution < 1.29 is 4.79 Å². The molecule has 96 valence electrons. The fourth-order valence-corrected chi connectivity index (χ4v) is 1.24. The summed E-state index contributed by atoms with van der Waals surface area (Å²) in [6.45, 7) is 8.48. The average Bonchev–Trinajstić information content (AvgIpc) is 2.26. The molecule has 4 nitrogen and oxygen atoms in total. The van der Waals surface area contributed by atoms with Crippen LogP contribution in [0.25, 0.3) is 0 Å². The van der Waals surface area contributed by atoms with Crippen LogP contribution in [-0.4, -0.2) is 43.5 Å². The SMILES string of the molecule is CC(CN)C(=O)NCCCCN(C)C(C)C. The molecule has 16 heavy (non-hydrogen) atoms. The molecule has 0 aromatic carbocycles. The predicted octanol–water partition coefficient (Wildman–Crippen LogP) is 0.818. The van der Waals surface area contributed by atoms with Gasteiger partial charge in [0.1, 0.15) is 0 Å². The Morgan fingerprint density at radius 3 is 2.44 bits per heavy atom. The first-order valence-corrected chi connectivity index (χ1v) is 6.17. The second-order valence-corrected chi connectivity index (χ2v) is 4.71. The van der Waals surface area contributed by atoms with Crippen molar-refractivity contribution in [3.05, 3.63) is 0 Å². The third-order valence-corrected chi connectivity index (χ3v) is 2.92. The molecular weight excluding hydrogens is 202 g/mol. The van der Waals surface area contributed by atoms with E-state index in [9.17, 15) is 4.79 Å². The maximum Gasteiger partial charge on any atom is 0.224 e. The lowest BCUT2D eigenvalue weighted by Gasteiger charge is -2.20. The predicted molar refractivity (Wildman–Crippen MR) is 68.2 cm³/mol. The number of unbranched alkanes of at least 4 members (excludes halogenated alkanes) is 1. The number of nitrogens with zero attached hydrogens (tertiary/aromatic N) is 1. The van der Waals surface area contributed by atoms with Gasteiger partial charge < -0.3 is 16.0 Å². The number of nitrogens with two attached hydrogens (primary N) is 1. The number of nitrogens with one attached hydrogen (secondary N) is 1. The maximum atomic E-state index is 11.4. The molecule has 1 amide bonds. The van der Waals surface area contributed by atoms with Crippen LogP contribution in [0.3, 0.4) is 0 Å². The molecule has 0 saturated heterocycles. The van der Waals surface area contributed by atoms with E-state index in [-0.39, 0.29) is 11.8 Å². The molecule has 0 aliphatic heterocycles. The summed E-state index contributed by atoms with van der Waals surface area (Å²) in [5.74, 6) is -0.00180. The summed E-state index contributed by atoms with van der Waals surface area (Å²) in [5.41, 5.74) is 5.41. The topological polar surface area (TPSA) is 58.4 Å². The van der Waals surface area contributed by atoms with E-state index in [4.69, 9.17) is 5.73 Å². The van der Waals surface area contributed by atoms with Gasteiger partial charge in [-0.05, 0) is 40.3 Å². The lowest BCUT2D eigenvalue weighted by molar-refractivity contribution is -0.124. The fraction of sp³-hybridized carbons (Fsp3) is 0.917. The Bertz CT molecular complexity index is 195. The Hall–Kier alpha value is -0.610. The second kappa shape index (κ2) is 8.53. The minimum atomic E-state index is -0.0710. The molecule has 0 bridgehead atoms. The summed E-state index contributed by atoms with van der Waals surface area (Å²) in [7, 11) is 2.12. The summed E-state index contributed by atoms with van der Waals surface area (Å²) in [6.07, 6.45) is 2.14.